The molecule has 4 nitrogen and oxygen atoms in total. The van der Waals surface area contributed by atoms with Gasteiger partial charge in [-0.1, -0.05) is 18.2 Å². The van der Waals surface area contributed by atoms with Crippen LogP contribution in [0.25, 0.3) is 0 Å². The Kier molecular flexibility index (Phi) is 4.28. The molecule has 24 heavy (non-hydrogen) atoms. The number of benzene rings is 1. The molecular formula is C14H13F6N3O. The second-order valence-electron chi connectivity index (χ2n) is 5.29. The lowest BCUT2D eigenvalue weighted by molar-refractivity contribution is -0.293. The number of hydrogen-bond acceptors (Lipinski definition) is 4. The van der Waals surface area contributed by atoms with Crippen molar-refractivity contribution in [2.75, 3.05) is 14.1 Å². The minimum atomic E-state index is -5.79. The SMILES string of the molecule is Cc1ccccc1C1=NC(C(F)(F)F)(C(F)(F)F)N=C(N(C)C)O1. The molecule has 0 saturated carbocycles. The second-order valence-corrected chi connectivity index (χ2v) is 5.29. The number of halogens is 6. The Labute approximate surface area is 133 Å². The van der Waals surface area contributed by atoms with E-state index in [2.05, 4.69) is 9.98 Å². The van der Waals surface area contributed by atoms with Crippen molar-refractivity contribution < 1.29 is 31.1 Å². The van der Waals surface area contributed by atoms with E-state index < -0.39 is 29.9 Å². The summed E-state index contributed by atoms with van der Waals surface area (Å²) < 4.78 is 84.9. The van der Waals surface area contributed by atoms with E-state index in [1.54, 1.807) is 6.07 Å². The second kappa shape index (κ2) is 5.67. The molecular weight excluding hydrogens is 340 g/mol. The number of hydrogen-bond donors (Lipinski definition) is 0. The van der Waals surface area contributed by atoms with Crippen molar-refractivity contribution in [1.29, 1.82) is 0 Å². The van der Waals surface area contributed by atoms with Crippen molar-refractivity contribution in [1.82, 2.24) is 4.90 Å². The molecule has 0 N–H and O–H groups in total. The first kappa shape index (κ1) is 18.1. The Bertz CT molecular complexity index is 676. The smallest absolute Gasteiger partial charge is 0.406 e. The molecule has 0 radical (unpaired) electrons. The van der Waals surface area contributed by atoms with Crippen LogP contribution in [0.3, 0.4) is 0 Å². The van der Waals surface area contributed by atoms with Gasteiger partial charge in [-0.15, -0.1) is 0 Å². The zero-order valence-electron chi connectivity index (χ0n) is 12.8. The van der Waals surface area contributed by atoms with Gasteiger partial charge in [0, 0.05) is 19.7 Å². The number of alkyl halides is 6. The predicted octanol–water partition coefficient (Wildman–Crippen LogP) is 3.51. The van der Waals surface area contributed by atoms with Gasteiger partial charge >= 0.3 is 18.0 Å². The topological polar surface area (TPSA) is 37.2 Å². The standard InChI is InChI=1S/C14H13F6N3O/c1-8-6-4-5-7-9(8)10-21-12(13(15,16)17,14(18,19)20)22-11(24-10)23(2)3/h4-7H,1-3H3. The molecule has 0 atom stereocenters. The Hall–Kier alpha value is -2.26. The molecule has 0 aromatic heterocycles. The van der Waals surface area contributed by atoms with Crippen molar-refractivity contribution >= 4 is 11.9 Å². The van der Waals surface area contributed by atoms with E-state index in [4.69, 9.17) is 4.74 Å². The Morgan fingerprint density at radius 1 is 0.958 bits per heavy atom. The highest BCUT2D eigenvalue weighted by Gasteiger charge is 2.74. The fourth-order valence-corrected chi connectivity index (χ4v) is 1.98. The van der Waals surface area contributed by atoms with E-state index in [1.165, 1.54) is 39.2 Å². The summed E-state index contributed by atoms with van der Waals surface area (Å²) in [4.78, 5) is 6.51. The van der Waals surface area contributed by atoms with Gasteiger partial charge in [0.05, 0.1) is 0 Å². The van der Waals surface area contributed by atoms with Crippen LogP contribution in [0, 0.1) is 6.92 Å². The fourth-order valence-electron chi connectivity index (χ4n) is 1.98. The van der Waals surface area contributed by atoms with Gasteiger partial charge in [0.1, 0.15) is 0 Å². The molecule has 1 aliphatic heterocycles. The summed E-state index contributed by atoms with van der Waals surface area (Å²) in [6.45, 7) is 1.52. The van der Waals surface area contributed by atoms with Crippen molar-refractivity contribution in [3.05, 3.63) is 35.4 Å². The van der Waals surface area contributed by atoms with E-state index in [0.29, 0.717) is 5.56 Å². The summed E-state index contributed by atoms with van der Waals surface area (Å²) >= 11 is 0. The van der Waals surface area contributed by atoms with Gasteiger partial charge in [-0.2, -0.15) is 31.3 Å². The van der Waals surface area contributed by atoms with Crippen LogP contribution < -0.4 is 0 Å². The van der Waals surface area contributed by atoms with Crippen molar-refractivity contribution in [2.24, 2.45) is 9.98 Å². The van der Waals surface area contributed by atoms with E-state index >= 15 is 0 Å². The van der Waals surface area contributed by atoms with Crippen LogP contribution in [0.4, 0.5) is 26.3 Å². The normalized spacial score (nSPS) is 17.7. The van der Waals surface area contributed by atoms with Crippen LogP contribution in [-0.2, 0) is 4.74 Å². The Morgan fingerprint density at radius 2 is 1.50 bits per heavy atom. The van der Waals surface area contributed by atoms with Gasteiger partial charge in [-0.05, 0) is 18.6 Å². The van der Waals surface area contributed by atoms with Crippen LogP contribution in [0.5, 0.6) is 0 Å². The number of aliphatic imine (C=N–C) groups is 2. The minimum absolute atomic E-state index is 0.0182. The quantitative estimate of drug-likeness (QED) is 0.725. The number of amidine groups is 1. The van der Waals surface area contributed by atoms with Crippen molar-refractivity contribution in [3.63, 3.8) is 0 Å². The predicted molar refractivity (Wildman–Crippen MR) is 74.8 cm³/mol. The van der Waals surface area contributed by atoms with E-state index in [0.717, 1.165) is 4.90 Å². The summed E-state index contributed by atoms with van der Waals surface area (Å²) in [5.74, 6) is -0.790. The Balaban J connectivity index is 2.75. The van der Waals surface area contributed by atoms with Crippen molar-refractivity contribution in [2.45, 2.75) is 24.9 Å². The van der Waals surface area contributed by atoms with Gasteiger partial charge in [0.2, 0.25) is 5.90 Å². The van der Waals surface area contributed by atoms with Crippen LogP contribution in [0.2, 0.25) is 0 Å². The van der Waals surface area contributed by atoms with Crippen LogP contribution in [0.15, 0.2) is 34.3 Å². The monoisotopic (exact) mass is 353 g/mol. The summed E-state index contributed by atoms with van der Waals surface area (Å²) in [7, 11) is 2.44. The summed E-state index contributed by atoms with van der Waals surface area (Å²) in [6, 6.07) is 5.05. The molecule has 1 aliphatic rings. The average Bonchev–Trinajstić information content (AvgIpc) is 2.44. The number of rotatable bonds is 1. The Morgan fingerprint density at radius 3 is 1.96 bits per heavy atom. The first-order valence-corrected chi connectivity index (χ1v) is 6.63. The molecule has 0 unspecified atom stereocenters. The average molecular weight is 353 g/mol. The first-order chi connectivity index (χ1) is 10.9. The third-order valence-corrected chi connectivity index (χ3v) is 3.26. The molecule has 0 spiro atoms. The number of aryl methyl sites for hydroxylation is 1. The molecule has 1 heterocycles. The molecule has 0 amide bonds. The van der Waals surface area contributed by atoms with Crippen LogP contribution in [0.1, 0.15) is 11.1 Å². The van der Waals surface area contributed by atoms with E-state index in [9.17, 15) is 26.3 Å². The lowest BCUT2D eigenvalue weighted by Crippen LogP contribution is -2.57. The molecule has 2 rings (SSSR count). The maximum atomic E-state index is 13.3. The highest BCUT2D eigenvalue weighted by molar-refractivity contribution is 6.03. The summed E-state index contributed by atoms with van der Waals surface area (Å²) in [5, 5.41) is 0. The largest absolute Gasteiger partial charge is 0.443 e. The molecule has 10 heteroatoms. The first-order valence-electron chi connectivity index (χ1n) is 6.63. The van der Waals surface area contributed by atoms with E-state index in [-0.39, 0.29) is 5.56 Å². The molecule has 0 bridgehead atoms. The highest BCUT2D eigenvalue weighted by atomic mass is 19.4. The van der Waals surface area contributed by atoms with Gasteiger partial charge in [-0.25, -0.2) is 4.99 Å². The lowest BCUT2D eigenvalue weighted by atomic mass is 10.1. The zero-order chi connectivity index (χ0) is 18.3. The highest BCUT2D eigenvalue weighted by Crippen LogP contribution is 2.48. The van der Waals surface area contributed by atoms with Crippen LogP contribution >= 0.6 is 0 Å². The molecule has 132 valence electrons. The molecule has 1 aromatic carbocycles. The molecule has 0 aliphatic carbocycles. The van der Waals surface area contributed by atoms with Crippen LogP contribution in [-0.4, -0.2) is 48.9 Å². The zero-order valence-corrected chi connectivity index (χ0v) is 12.8. The van der Waals surface area contributed by atoms with Gasteiger partial charge in [0.25, 0.3) is 6.02 Å². The summed E-state index contributed by atoms with van der Waals surface area (Å²) in [6.07, 6.45) is -11.6. The summed E-state index contributed by atoms with van der Waals surface area (Å²) in [5.41, 5.74) is -4.19. The maximum Gasteiger partial charge on any atom is 0.443 e. The molecule has 1 aromatic rings. The van der Waals surface area contributed by atoms with Crippen molar-refractivity contribution in [3.8, 4) is 0 Å². The molecule has 0 fully saturated rings. The van der Waals surface area contributed by atoms with Gasteiger partial charge in [0.15, 0.2) is 0 Å². The van der Waals surface area contributed by atoms with E-state index in [1.807, 2.05) is 0 Å². The number of ether oxygens (including phenoxy) is 1. The minimum Gasteiger partial charge on any atom is -0.406 e. The third-order valence-electron chi connectivity index (χ3n) is 3.26. The third kappa shape index (κ3) is 2.92. The fraction of sp³-hybridized carbons (Fsp3) is 0.429. The lowest BCUT2D eigenvalue weighted by Gasteiger charge is -2.35. The maximum absolute atomic E-state index is 13.3. The molecule has 0 saturated heterocycles. The number of nitrogens with zero attached hydrogens (tertiary/aromatic N) is 3. The van der Waals surface area contributed by atoms with Gasteiger partial charge in [-0.3, -0.25) is 0 Å². The van der Waals surface area contributed by atoms with Gasteiger partial charge < -0.3 is 9.64 Å².